The maximum Gasteiger partial charge on any atom is 0.325 e. The first-order valence-electron chi connectivity index (χ1n) is 7.05. The van der Waals surface area contributed by atoms with Crippen LogP contribution in [-0.4, -0.2) is 35.8 Å². The van der Waals surface area contributed by atoms with E-state index in [1.54, 1.807) is 0 Å². The number of nitrogens with zero attached hydrogens (tertiary/aromatic N) is 1. The second kappa shape index (κ2) is 6.13. The molecule has 1 aliphatic rings. The summed E-state index contributed by atoms with van der Waals surface area (Å²) in [6, 6.07) is 4.68. The number of urea groups is 1. The molecule has 1 aliphatic heterocycles. The molecule has 7 heteroatoms. The van der Waals surface area contributed by atoms with E-state index < -0.39 is 29.2 Å². The molecular weight excluding hydrogens is 289 g/mol. The predicted octanol–water partition coefficient (Wildman–Crippen LogP) is 1.12. The SMILES string of the molecule is CCCNC(=O)CN1C(=O)NC(C)(c2ccc(F)cc2)C1=O. The lowest BCUT2D eigenvalue weighted by molar-refractivity contribution is -0.134. The van der Waals surface area contributed by atoms with E-state index in [2.05, 4.69) is 10.6 Å². The maximum absolute atomic E-state index is 13.0. The molecule has 2 N–H and O–H groups in total. The van der Waals surface area contributed by atoms with E-state index in [1.165, 1.54) is 31.2 Å². The van der Waals surface area contributed by atoms with Crippen LogP contribution in [0.15, 0.2) is 24.3 Å². The predicted molar refractivity (Wildman–Crippen MR) is 77.3 cm³/mol. The van der Waals surface area contributed by atoms with Crippen molar-refractivity contribution in [3.8, 4) is 0 Å². The number of amides is 4. The van der Waals surface area contributed by atoms with E-state index >= 15 is 0 Å². The molecule has 4 amide bonds. The lowest BCUT2D eigenvalue weighted by Gasteiger charge is -2.22. The Morgan fingerprint density at radius 3 is 2.55 bits per heavy atom. The monoisotopic (exact) mass is 307 g/mol. The highest BCUT2D eigenvalue weighted by molar-refractivity contribution is 6.09. The first-order valence-corrected chi connectivity index (χ1v) is 7.05. The van der Waals surface area contributed by atoms with Crippen LogP contribution in [0.2, 0.25) is 0 Å². The minimum absolute atomic E-state index is 0.332. The lowest BCUT2D eigenvalue weighted by Crippen LogP contribution is -2.43. The maximum atomic E-state index is 13.0. The zero-order chi connectivity index (χ0) is 16.3. The molecule has 0 aliphatic carbocycles. The summed E-state index contributed by atoms with van der Waals surface area (Å²) in [5.74, 6) is -1.36. The number of benzene rings is 1. The van der Waals surface area contributed by atoms with Gasteiger partial charge in [-0.1, -0.05) is 19.1 Å². The minimum Gasteiger partial charge on any atom is -0.355 e. The van der Waals surface area contributed by atoms with Gasteiger partial charge in [-0.25, -0.2) is 9.18 Å². The normalized spacial score (nSPS) is 21.0. The first kappa shape index (κ1) is 15.9. The number of rotatable bonds is 5. The number of hydrogen-bond acceptors (Lipinski definition) is 3. The summed E-state index contributed by atoms with van der Waals surface area (Å²) in [5.41, 5.74) is -0.834. The summed E-state index contributed by atoms with van der Waals surface area (Å²) >= 11 is 0. The van der Waals surface area contributed by atoms with Crippen LogP contribution in [0, 0.1) is 5.82 Å². The second-order valence-electron chi connectivity index (χ2n) is 5.30. The Balaban J connectivity index is 2.17. The summed E-state index contributed by atoms with van der Waals surface area (Å²) in [4.78, 5) is 37.1. The zero-order valence-corrected chi connectivity index (χ0v) is 12.5. The van der Waals surface area contributed by atoms with Crippen molar-refractivity contribution in [1.29, 1.82) is 0 Å². The van der Waals surface area contributed by atoms with Gasteiger partial charge in [0.1, 0.15) is 17.9 Å². The molecule has 118 valence electrons. The van der Waals surface area contributed by atoms with E-state index in [4.69, 9.17) is 0 Å². The number of imide groups is 1. The molecule has 0 spiro atoms. The van der Waals surface area contributed by atoms with Crippen LogP contribution in [0.5, 0.6) is 0 Å². The highest BCUT2D eigenvalue weighted by atomic mass is 19.1. The van der Waals surface area contributed by atoms with Crippen molar-refractivity contribution in [3.05, 3.63) is 35.6 Å². The van der Waals surface area contributed by atoms with Crippen molar-refractivity contribution >= 4 is 17.8 Å². The summed E-state index contributed by atoms with van der Waals surface area (Å²) in [6.45, 7) is 3.59. The molecule has 1 fully saturated rings. The Bertz CT molecular complexity index is 603. The fraction of sp³-hybridized carbons (Fsp3) is 0.400. The summed E-state index contributed by atoms with van der Waals surface area (Å²) in [7, 11) is 0. The average molecular weight is 307 g/mol. The van der Waals surface area contributed by atoms with Gasteiger partial charge in [-0.05, 0) is 31.0 Å². The molecule has 1 atom stereocenters. The highest BCUT2D eigenvalue weighted by Gasteiger charge is 2.49. The van der Waals surface area contributed by atoms with Gasteiger partial charge in [-0.15, -0.1) is 0 Å². The van der Waals surface area contributed by atoms with Gasteiger partial charge in [0.15, 0.2) is 0 Å². The van der Waals surface area contributed by atoms with Crippen molar-refractivity contribution in [2.75, 3.05) is 13.1 Å². The molecule has 0 radical (unpaired) electrons. The van der Waals surface area contributed by atoms with E-state index in [1.807, 2.05) is 6.92 Å². The average Bonchev–Trinajstić information content (AvgIpc) is 2.70. The third-order valence-electron chi connectivity index (χ3n) is 3.57. The quantitative estimate of drug-likeness (QED) is 0.800. The van der Waals surface area contributed by atoms with Gasteiger partial charge in [-0.3, -0.25) is 14.5 Å². The molecule has 6 nitrogen and oxygen atoms in total. The molecule has 22 heavy (non-hydrogen) atoms. The number of halogens is 1. The zero-order valence-electron chi connectivity index (χ0n) is 12.5. The Morgan fingerprint density at radius 2 is 1.95 bits per heavy atom. The Morgan fingerprint density at radius 1 is 1.32 bits per heavy atom. The van der Waals surface area contributed by atoms with Gasteiger partial charge in [-0.2, -0.15) is 0 Å². The Kier molecular flexibility index (Phi) is 4.44. The van der Waals surface area contributed by atoms with Crippen LogP contribution in [0.3, 0.4) is 0 Å². The van der Waals surface area contributed by atoms with Crippen LogP contribution in [0.4, 0.5) is 9.18 Å². The molecule has 0 bridgehead atoms. The largest absolute Gasteiger partial charge is 0.355 e. The van der Waals surface area contributed by atoms with E-state index in [9.17, 15) is 18.8 Å². The number of carbonyl (C=O) groups excluding carboxylic acids is 3. The summed E-state index contributed by atoms with van der Waals surface area (Å²) < 4.78 is 13.0. The molecule has 0 saturated carbocycles. The van der Waals surface area contributed by atoms with Crippen molar-refractivity contribution in [2.24, 2.45) is 0 Å². The molecule has 1 aromatic carbocycles. The molecular formula is C15H18FN3O3. The third kappa shape index (κ3) is 2.93. The van der Waals surface area contributed by atoms with Gasteiger partial charge in [0.2, 0.25) is 5.91 Å². The third-order valence-corrected chi connectivity index (χ3v) is 3.57. The van der Waals surface area contributed by atoms with E-state index in [0.717, 1.165) is 11.3 Å². The van der Waals surface area contributed by atoms with Gasteiger partial charge in [0.05, 0.1) is 0 Å². The minimum atomic E-state index is -1.30. The smallest absolute Gasteiger partial charge is 0.325 e. The fourth-order valence-corrected chi connectivity index (χ4v) is 2.28. The molecule has 0 aromatic heterocycles. The molecule has 1 unspecified atom stereocenters. The number of hydrogen-bond donors (Lipinski definition) is 2. The van der Waals surface area contributed by atoms with Gasteiger partial charge < -0.3 is 10.6 Å². The molecule has 1 aromatic rings. The first-order chi connectivity index (χ1) is 10.4. The summed E-state index contributed by atoms with van der Waals surface area (Å²) in [6.07, 6.45) is 0.763. The van der Waals surface area contributed by atoms with Crippen LogP contribution < -0.4 is 10.6 Å². The van der Waals surface area contributed by atoms with Gasteiger partial charge in [0.25, 0.3) is 5.91 Å². The summed E-state index contributed by atoms with van der Waals surface area (Å²) in [5, 5.41) is 5.17. The van der Waals surface area contributed by atoms with Crippen LogP contribution in [0.1, 0.15) is 25.8 Å². The van der Waals surface area contributed by atoms with Crippen LogP contribution in [-0.2, 0) is 15.1 Å². The second-order valence-corrected chi connectivity index (χ2v) is 5.30. The van der Waals surface area contributed by atoms with Gasteiger partial charge >= 0.3 is 6.03 Å². The Hall–Kier alpha value is -2.44. The fourth-order valence-electron chi connectivity index (χ4n) is 2.28. The van der Waals surface area contributed by atoms with Crippen molar-refractivity contribution in [2.45, 2.75) is 25.8 Å². The van der Waals surface area contributed by atoms with E-state index in [-0.39, 0.29) is 6.54 Å². The van der Waals surface area contributed by atoms with Crippen LogP contribution >= 0.6 is 0 Å². The number of carbonyl (C=O) groups is 3. The van der Waals surface area contributed by atoms with Crippen LogP contribution in [0.25, 0.3) is 0 Å². The lowest BCUT2D eigenvalue weighted by atomic mass is 9.92. The van der Waals surface area contributed by atoms with Crippen molar-refractivity contribution in [1.82, 2.24) is 15.5 Å². The Labute approximate surface area is 127 Å². The van der Waals surface area contributed by atoms with E-state index in [0.29, 0.717) is 12.1 Å². The van der Waals surface area contributed by atoms with Crippen molar-refractivity contribution < 1.29 is 18.8 Å². The number of nitrogens with one attached hydrogen (secondary N) is 2. The topological polar surface area (TPSA) is 78.5 Å². The standard InChI is InChI=1S/C15H18FN3O3/c1-3-8-17-12(20)9-19-13(21)15(2,18-14(19)22)10-4-6-11(16)7-5-10/h4-7H,3,8-9H2,1-2H3,(H,17,20)(H,18,22). The van der Waals surface area contributed by atoms with Crippen molar-refractivity contribution in [3.63, 3.8) is 0 Å². The molecule has 2 rings (SSSR count). The van der Waals surface area contributed by atoms with Gasteiger partial charge in [0, 0.05) is 6.54 Å². The molecule has 1 heterocycles. The molecule has 1 saturated heterocycles. The highest BCUT2D eigenvalue weighted by Crippen LogP contribution is 2.28.